The first-order valence-corrected chi connectivity index (χ1v) is 8.36. The molecule has 3 heterocycles. The highest BCUT2D eigenvalue weighted by Gasteiger charge is 2.40. The predicted molar refractivity (Wildman–Crippen MR) is 81.3 cm³/mol. The molecule has 1 amide bonds. The molecule has 2 N–H and O–H groups in total. The van der Waals surface area contributed by atoms with E-state index in [1.807, 2.05) is 4.68 Å². The molecule has 1 saturated carbocycles. The van der Waals surface area contributed by atoms with E-state index in [1.165, 1.54) is 25.8 Å². The van der Waals surface area contributed by atoms with Crippen molar-refractivity contribution in [3.8, 4) is 0 Å². The third-order valence-electron chi connectivity index (χ3n) is 5.59. The van der Waals surface area contributed by atoms with Crippen LogP contribution >= 0.6 is 0 Å². The lowest BCUT2D eigenvalue weighted by molar-refractivity contribution is -0.124. The Kier molecular flexibility index (Phi) is 3.46. The molecule has 2 aliphatic heterocycles. The van der Waals surface area contributed by atoms with E-state index >= 15 is 0 Å². The van der Waals surface area contributed by atoms with Crippen LogP contribution in [0.1, 0.15) is 48.3 Å². The minimum Gasteiger partial charge on any atom is -0.367 e. The second kappa shape index (κ2) is 5.35. The van der Waals surface area contributed by atoms with Gasteiger partial charge < -0.3 is 15.4 Å². The van der Waals surface area contributed by atoms with Crippen LogP contribution in [0.3, 0.4) is 0 Å². The molecule has 1 aromatic rings. The van der Waals surface area contributed by atoms with Crippen molar-refractivity contribution < 1.29 is 9.53 Å². The van der Waals surface area contributed by atoms with E-state index in [1.54, 1.807) is 6.07 Å². The highest BCUT2D eigenvalue weighted by molar-refractivity contribution is 5.90. The minimum absolute atomic E-state index is 0.107. The van der Waals surface area contributed by atoms with Gasteiger partial charge in [-0.15, -0.1) is 0 Å². The van der Waals surface area contributed by atoms with Gasteiger partial charge in [-0.25, -0.2) is 0 Å². The lowest BCUT2D eigenvalue weighted by atomic mass is 9.83. The Morgan fingerprint density at radius 3 is 2.82 bits per heavy atom. The number of fused-ring (bicyclic) bond motifs is 1. The average Bonchev–Trinajstić information content (AvgIpc) is 2.88. The monoisotopic (exact) mass is 304 g/mol. The number of carbonyl (C=O) groups excluding carboxylic acids is 1. The Bertz CT molecular complexity index is 571. The zero-order valence-electron chi connectivity index (χ0n) is 13.0. The van der Waals surface area contributed by atoms with Gasteiger partial charge in [0.25, 0.3) is 5.91 Å². The Morgan fingerprint density at radius 1 is 1.41 bits per heavy atom. The molecule has 2 fully saturated rings. The van der Waals surface area contributed by atoms with Crippen LogP contribution in [0.2, 0.25) is 0 Å². The van der Waals surface area contributed by atoms with E-state index in [2.05, 4.69) is 10.00 Å². The van der Waals surface area contributed by atoms with Gasteiger partial charge in [0.1, 0.15) is 5.69 Å². The fourth-order valence-corrected chi connectivity index (χ4v) is 3.86. The van der Waals surface area contributed by atoms with Crippen LogP contribution < -0.4 is 5.73 Å². The van der Waals surface area contributed by atoms with Crippen LogP contribution in [0.25, 0.3) is 0 Å². The fraction of sp³-hybridized carbons (Fsp3) is 0.750. The zero-order valence-corrected chi connectivity index (χ0v) is 13.0. The van der Waals surface area contributed by atoms with Gasteiger partial charge >= 0.3 is 0 Å². The topological polar surface area (TPSA) is 73.4 Å². The predicted octanol–water partition coefficient (Wildman–Crippen LogP) is 1.15. The largest absolute Gasteiger partial charge is 0.367 e. The normalized spacial score (nSPS) is 24.9. The molecule has 6 nitrogen and oxygen atoms in total. The number of nitrogens with two attached hydrogens (primary N) is 1. The van der Waals surface area contributed by atoms with Gasteiger partial charge in [0, 0.05) is 19.6 Å². The first-order chi connectivity index (χ1) is 10.6. The van der Waals surface area contributed by atoms with Crippen LogP contribution in [-0.2, 0) is 17.9 Å². The molecule has 22 heavy (non-hydrogen) atoms. The second-order valence-electron chi connectivity index (χ2n) is 7.11. The first kappa shape index (κ1) is 14.2. The van der Waals surface area contributed by atoms with Gasteiger partial charge in [0.2, 0.25) is 0 Å². The van der Waals surface area contributed by atoms with Crippen LogP contribution in [0.5, 0.6) is 0 Å². The molecular weight excluding hydrogens is 280 g/mol. The Balaban J connectivity index is 1.40. The maximum absolute atomic E-state index is 11.3. The van der Waals surface area contributed by atoms with Gasteiger partial charge in [-0.05, 0) is 37.7 Å². The summed E-state index contributed by atoms with van der Waals surface area (Å²) in [4.78, 5) is 13.9. The second-order valence-corrected chi connectivity index (χ2v) is 7.11. The van der Waals surface area contributed by atoms with Crippen molar-refractivity contribution in [2.24, 2.45) is 11.7 Å². The Morgan fingerprint density at radius 2 is 2.18 bits per heavy atom. The van der Waals surface area contributed by atoms with Crippen molar-refractivity contribution in [3.63, 3.8) is 0 Å². The molecular formula is C16H24N4O2. The van der Waals surface area contributed by atoms with Crippen LogP contribution in [0.4, 0.5) is 0 Å². The molecule has 1 spiro atoms. The lowest BCUT2D eigenvalue weighted by Crippen LogP contribution is -2.51. The Hall–Kier alpha value is -1.40. The van der Waals surface area contributed by atoms with Crippen molar-refractivity contribution in [1.29, 1.82) is 0 Å². The summed E-state index contributed by atoms with van der Waals surface area (Å²) >= 11 is 0. The maximum Gasteiger partial charge on any atom is 0.269 e. The number of hydrogen-bond acceptors (Lipinski definition) is 4. The standard InChI is InChI=1S/C16H24N4O2/c17-15(21)14-8-13-10-22-16(11-20(13)18-14)4-6-19(7-5-16)9-12-2-1-3-12/h8,12H,1-7,9-11H2,(H2,17,21). The third kappa shape index (κ3) is 2.54. The van der Waals surface area contributed by atoms with E-state index in [0.29, 0.717) is 12.3 Å². The van der Waals surface area contributed by atoms with Gasteiger partial charge in [-0.3, -0.25) is 9.48 Å². The minimum atomic E-state index is -0.466. The number of hydrogen-bond donors (Lipinski definition) is 1. The number of aromatic nitrogens is 2. The fourth-order valence-electron chi connectivity index (χ4n) is 3.86. The van der Waals surface area contributed by atoms with E-state index in [4.69, 9.17) is 10.5 Å². The zero-order chi connectivity index (χ0) is 15.2. The summed E-state index contributed by atoms with van der Waals surface area (Å²) in [6, 6.07) is 1.75. The molecule has 120 valence electrons. The molecule has 1 saturated heterocycles. The number of piperidine rings is 1. The van der Waals surface area contributed by atoms with E-state index < -0.39 is 5.91 Å². The van der Waals surface area contributed by atoms with Crippen LogP contribution in [-0.4, -0.2) is 45.8 Å². The highest BCUT2D eigenvalue weighted by Crippen LogP contribution is 2.35. The molecule has 0 atom stereocenters. The SMILES string of the molecule is NC(=O)c1cc2n(n1)CC1(CCN(CC3CCC3)CC1)OC2. The number of nitrogens with zero attached hydrogens (tertiary/aromatic N) is 3. The summed E-state index contributed by atoms with van der Waals surface area (Å²) in [5.74, 6) is 0.462. The number of likely N-dealkylation sites (tertiary alicyclic amines) is 1. The molecule has 6 heteroatoms. The molecule has 0 unspecified atom stereocenters. The van der Waals surface area contributed by atoms with Gasteiger partial charge in [-0.2, -0.15) is 5.10 Å². The highest BCUT2D eigenvalue weighted by atomic mass is 16.5. The summed E-state index contributed by atoms with van der Waals surface area (Å²) in [5, 5.41) is 4.34. The van der Waals surface area contributed by atoms with E-state index in [-0.39, 0.29) is 5.60 Å². The summed E-state index contributed by atoms with van der Waals surface area (Å²) in [5.41, 5.74) is 6.51. The molecule has 0 bridgehead atoms. The summed E-state index contributed by atoms with van der Waals surface area (Å²) in [6.45, 7) is 4.75. The number of ether oxygens (including phenoxy) is 1. The molecule has 1 aromatic heterocycles. The van der Waals surface area contributed by atoms with Crippen molar-refractivity contribution in [2.75, 3.05) is 19.6 Å². The van der Waals surface area contributed by atoms with Gasteiger partial charge in [-0.1, -0.05) is 6.42 Å². The van der Waals surface area contributed by atoms with Crippen LogP contribution in [0.15, 0.2) is 6.07 Å². The maximum atomic E-state index is 11.3. The molecule has 0 radical (unpaired) electrons. The third-order valence-corrected chi connectivity index (χ3v) is 5.59. The van der Waals surface area contributed by atoms with E-state index in [9.17, 15) is 4.79 Å². The summed E-state index contributed by atoms with van der Waals surface area (Å²) in [7, 11) is 0. The number of primary amides is 1. The molecule has 1 aliphatic carbocycles. The quantitative estimate of drug-likeness (QED) is 0.909. The number of amides is 1. The Labute approximate surface area is 130 Å². The van der Waals surface area contributed by atoms with Crippen LogP contribution in [0, 0.1) is 5.92 Å². The first-order valence-electron chi connectivity index (χ1n) is 8.36. The van der Waals surface area contributed by atoms with Crippen molar-refractivity contribution in [2.45, 2.75) is 50.9 Å². The lowest BCUT2D eigenvalue weighted by Gasteiger charge is -2.45. The van der Waals surface area contributed by atoms with Gasteiger partial charge in [0.05, 0.1) is 24.4 Å². The molecule has 4 rings (SSSR count). The number of carbonyl (C=O) groups is 1. The summed E-state index contributed by atoms with van der Waals surface area (Å²) < 4.78 is 8.10. The summed E-state index contributed by atoms with van der Waals surface area (Å²) in [6.07, 6.45) is 6.32. The molecule has 3 aliphatic rings. The smallest absolute Gasteiger partial charge is 0.269 e. The van der Waals surface area contributed by atoms with E-state index in [0.717, 1.165) is 44.1 Å². The molecule has 0 aromatic carbocycles. The van der Waals surface area contributed by atoms with Crippen molar-refractivity contribution in [1.82, 2.24) is 14.7 Å². The van der Waals surface area contributed by atoms with Gasteiger partial charge in [0.15, 0.2) is 0 Å². The van der Waals surface area contributed by atoms with Crippen molar-refractivity contribution >= 4 is 5.91 Å². The number of rotatable bonds is 3. The average molecular weight is 304 g/mol. The van der Waals surface area contributed by atoms with Crippen molar-refractivity contribution in [3.05, 3.63) is 17.5 Å².